The SMILES string of the molecule is O=C(/C=C/c1ccc(Br)s1)N1CCCC2CCCCC21. The van der Waals surface area contributed by atoms with Crippen molar-refractivity contribution < 1.29 is 4.79 Å². The Labute approximate surface area is 133 Å². The summed E-state index contributed by atoms with van der Waals surface area (Å²) in [6.07, 6.45) is 11.3. The van der Waals surface area contributed by atoms with Crippen LogP contribution in [-0.2, 0) is 4.79 Å². The van der Waals surface area contributed by atoms with Gasteiger partial charge < -0.3 is 4.90 Å². The minimum atomic E-state index is 0.200. The third kappa shape index (κ3) is 3.17. The lowest BCUT2D eigenvalue weighted by Gasteiger charge is -2.43. The molecule has 1 saturated heterocycles. The highest BCUT2D eigenvalue weighted by Crippen LogP contribution is 2.35. The Kier molecular flexibility index (Phi) is 4.61. The standard InChI is InChI=1S/C16H20BrNOS/c17-15-9-7-13(20-15)8-10-16(19)18-11-3-5-12-4-1-2-6-14(12)18/h7-10,12,14H,1-6,11H2/b10-8+. The topological polar surface area (TPSA) is 20.3 Å². The zero-order chi connectivity index (χ0) is 13.9. The summed E-state index contributed by atoms with van der Waals surface area (Å²) in [5.74, 6) is 0.955. The van der Waals surface area contributed by atoms with Gasteiger partial charge in [-0.2, -0.15) is 0 Å². The summed E-state index contributed by atoms with van der Waals surface area (Å²) in [6, 6.07) is 4.56. The van der Waals surface area contributed by atoms with E-state index in [0.717, 1.165) is 21.1 Å². The molecular weight excluding hydrogens is 334 g/mol. The van der Waals surface area contributed by atoms with E-state index in [0.29, 0.717) is 6.04 Å². The molecule has 2 heterocycles. The van der Waals surface area contributed by atoms with Gasteiger partial charge in [0.05, 0.1) is 3.79 Å². The summed E-state index contributed by atoms with van der Waals surface area (Å²) >= 11 is 5.11. The van der Waals surface area contributed by atoms with Crippen molar-refractivity contribution in [1.82, 2.24) is 4.90 Å². The molecule has 2 fully saturated rings. The van der Waals surface area contributed by atoms with Crippen LogP contribution in [0.2, 0.25) is 0 Å². The van der Waals surface area contributed by atoms with Crippen LogP contribution in [0.5, 0.6) is 0 Å². The maximum atomic E-state index is 12.5. The highest BCUT2D eigenvalue weighted by atomic mass is 79.9. The molecule has 2 atom stereocenters. The maximum Gasteiger partial charge on any atom is 0.246 e. The van der Waals surface area contributed by atoms with E-state index in [-0.39, 0.29) is 5.91 Å². The van der Waals surface area contributed by atoms with Crippen molar-refractivity contribution in [2.45, 2.75) is 44.6 Å². The van der Waals surface area contributed by atoms with Gasteiger partial charge in [0.15, 0.2) is 0 Å². The van der Waals surface area contributed by atoms with Crippen LogP contribution in [0.1, 0.15) is 43.4 Å². The van der Waals surface area contributed by atoms with E-state index in [1.807, 2.05) is 18.2 Å². The molecule has 1 aliphatic carbocycles. The Hall–Kier alpha value is -0.610. The van der Waals surface area contributed by atoms with E-state index in [1.165, 1.54) is 38.5 Å². The number of likely N-dealkylation sites (tertiary alicyclic amines) is 1. The van der Waals surface area contributed by atoms with Crippen molar-refractivity contribution in [3.63, 3.8) is 0 Å². The summed E-state index contributed by atoms with van der Waals surface area (Å²) in [7, 11) is 0. The number of rotatable bonds is 2. The van der Waals surface area contributed by atoms with Crippen molar-refractivity contribution in [2.24, 2.45) is 5.92 Å². The first kappa shape index (κ1) is 14.3. The molecule has 0 radical (unpaired) electrons. The zero-order valence-electron chi connectivity index (χ0n) is 11.6. The molecule has 4 heteroatoms. The lowest BCUT2D eigenvalue weighted by molar-refractivity contribution is -0.132. The second kappa shape index (κ2) is 6.44. The Morgan fingerprint density at radius 3 is 2.85 bits per heavy atom. The number of nitrogens with zero attached hydrogens (tertiary/aromatic N) is 1. The number of hydrogen-bond donors (Lipinski definition) is 0. The zero-order valence-corrected chi connectivity index (χ0v) is 14.0. The predicted octanol–water partition coefficient (Wildman–Crippen LogP) is 4.71. The monoisotopic (exact) mass is 353 g/mol. The Bertz CT molecular complexity index is 508. The van der Waals surface area contributed by atoms with Gasteiger partial charge in [-0.05, 0) is 65.7 Å². The number of carbonyl (C=O) groups excluding carboxylic acids is 1. The Morgan fingerprint density at radius 1 is 1.25 bits per heavy atom. The second-order valence-corrected chi connectivity index (χ2v) is 8.26. The third-order valence-corrected chi connectivity index (χ3v) is 6.10. The van der Waals surface area contributed by atoms with Gasteiger partial charge in [-0.25, -0.2) is 0 Å². The van der Waals surface area contributed by atoms with Crippen molar-refractivity contribution in [2.75, 3.05) is 6.54 Å². The summed E-state index contributed by atoms with van der Waals surface area (Å²) in [4.78, 5) is 15.7. The van der Waals surface area contributed by atoms with E-state index in [9.17, 15) is 4.79 Å². The molecule has 1 aromatic heterocycles. The molecular formula is C16H20BrNOS. The molecule has 2 aliphatic rings. The largest absolute Gasteiger partial charge is 0.336 e. The molecule has 2 unspecified atom stereocenters. The molecule has 1 aromatic rings. The smallest absolute Gasteiger partial charge is 0.246 e. The van der Waals surface area contributed by atoms with Gasteiger partial charge >= 0.3 is 0 Å². The van der Waals surface area contributed by atoms with Gasteiger partial charge in [-0.1, -0.05) is 12.8 Å². The fourth-order valence-corrected chi connectivity index (χ4v) is 4.89. The number of halogens is 1. The molecule has 108 valence electrons. The van der Waals surface area contributed by atoms with E-state index < -0.39 is 0 Å². The molecule has 1 saturated carbocycles. The first-order chi connectivity index (χ1) is 9.74. The third-order valence-electron chi connectivity index (χ3n) is 4.51. The highest BCUT2D eigenvalue weighted by Gasteiger charge is 2.34. The first-order valence-corrected chi connectivity index (χ1v) is 9.09. The van der Waals surface area contributed by atoms with Gasteiger partial charge in [-0.3, -0.25) is 4.79 Å². The first-order valence-electron chi connectivity index (χ1n) is 7.48. The molecule has 0 bridgehead atoms. The van der Waals surface area contributed by atoms with E-state index in [4.69, 9.17) is 0 Å². The van der Waals surface area contributed by atoms with Crippen LogP contribution in [0.25, 0.3) is 6.08 Å². The van der Waals surface area contributed by atoms with Crippen LogP contribution in [0.4, 0.5) is 0 Å². The molecule has 0 aromatic carbocycles. The predicted molar refractivity (Wildman–Crippen MR) is 87.7 cm³/mol. The highest BCUT2D eigenvalue weighted by molar-refractivity contribution is 9.11. The molecule has 1 amide bonds. The molecule has 20 heavy (non-hydrogen) atoms. The van der Waals surface area contributed by atoms with Crippen LogP contribution in [-0.4, -0.2) is 23.4 Å². The van der Waals surface area contributed by atoms with Gasteiger partial charge in [0.2, 0.25) is 5.91 Å². The van der Waals surface area contributed by atoms with Crippen LogP contribution < -0.4 is 0 Å². The molecule has 0 N–H and O–H groups in total. The normalized spacial score (nSPS) is 26.8. The minimum absolute atomic E-state index is 0.200. The Morgan fingerprint density at radius 2 is 2.05 bits per heavy atom. The lowest BCUT2D eigenvalue weighted by atomic mass is 9.78. The van der Waals surface area contributed by atoms with Crippen LogP contribution in [0.15, 0.2) is 22.0 Å². The quantitative estimate of drug-likeness (QED) is 0.705. The summed E-state index contributed by atoms with van der Waals surface area (Å²) < 4.78 is 1.11. The van der Waals surface area contributed by atoms with Gasteiger partial charge in [0.25, 0.3) is 0 Å². The lowest BCUT2D eigenvalue weighted by Crippen LogP contribution is -2.49. The maximum absolute atomic E-state index is 12.5. The number of amides is 1. The Balaban J connectivity index is 1.67. The summed E-state index contributed by atoms with van der Waals surface area (Å²) in [5.41, 5.74) is 0. The molecule has 2 nitrogen and oxygen atoms in total. The van der Waals surface area contributed by atoms with Crippen LogP contribution >= 0.6 is 27.3 Å². The molecule has 1 aliphatic heterocycles. The van der Waals surface area contributed by atoms with Crippen molar-refractivity contribution >= 4 is 39.2 Å². The van der Waals surface area contributed by atoms with Crippen LogP contribution in [0.3, 0.4) is 0 Å². The number of carbonyl (C=O) groups is 1. The van der Waals surface area contributed by atoms with Gasteiger partial charge in [-0.15, -0.1) is 11.3 Å². The van der Waals surface area contributed by atoms with E-state index >= 15 is 0 Å². The van der Waals surface area contributed by atoms with E-state index in [2.05, 4.69) is 20.8 Å². The average molecular weight is 354 g/mol. The van der Waals surface area contributed by atoms with Crippen molar-refractivity contribution in [3.8, 4) is 0 Å². The number of thiophene rings is 1. The average Bonchev–Trinajstić information content (AvgIpc) is 2.90. The summed E-state index contributed by atoms with van der Waals surface area (Å²) in [6.45, 7) is 0.943. The van der Waals surface area contributed by atoms with Crippen molar-refractivity contribution in [1.29, 1.82) is 0 Å². The van der Waals surface area contributed by atoms with E-state index in [1.54, 1.807) is 17.4 Å². The molecule has 3 rings (SSSR count). The van der Waals surface area contributed by atoms with Crippen LogP contribution in [0, 0.1) is 5.92 Å². The minimum Gasteiger partial charge on any atom is -0.336 e. The fraction of sp³-hybridized carbons (Fsp3) is 0.562. The number of fused-ring (bicyclic) bond motifs is 1. The fourth-order valence-electron chi connectivity index (χ4n) is 3.57. The second-order valence-electron chi connectivity index (χ2n) is 5.76. The van der Waals surface area contributed by atoms with Gasteiger partial charge in [0.1, 0.15) is 0 Å². The number of piperidine rings is 1. The molecule has 0 spiro atoms. The summed E-state index contributed by atoms with van der Waals surface area (Å²) in [5, 5.41) is 0. The van der Waals surface area contributed by atoms with Crippen molar-refractivity contribution in [3.05, 3.63) is 26.9 Å². The number of hydrogen-bond acceptors (Lipinski definition) is 2. The van der Waals surface area contributed by atoms with Gasteiger partial charge in [0, 0.05) is 23.5 Å².